The predicted molar refractivity (Wildman–Crippen MR) is 62.6 cm³/mol. The Bertz CT molecular complexity index is 115. The zero-order chi connectivity index (χ0) is 10.5. The maximum Gasteiger partial charge on any atom is 0.0478 e. The van der Waals surface area contributed by atoms with Crippen LogP contribution in [0, 0.1) is 0 Å². The molecule has 0 atom stereocenters. The lowest BCUT2D eigenvalue weighted by molar-refractivity contribution is 0.129. The van der Waals surface area contributed by atoms with E-state index in [0.717, 1.165) is 39.1 Å². The quantitative estimate of drug-likeness (QED) is 0.408. The van der Waals surface area contributed by atoms with Crippen LogP contribution in [0.1, 0.15) is 39.0 Å². The molecule has 0 radical (unpaired) electrons. The summed E-state index contributed by atoms with van der Waals surface area (Å²) in [5.74, 6) is 0. The van der Waals surface area contributed by atoms with E-state index in [0.29, 0.717) is 0 Å². The third-order valence-electron chi connectivity index (χ3n) is 2.05. The Labute approximate surface area is 88.7 Å². The molecule has 0 aromatic heterocycles. The number of rotatable bonds is 11. The fraction of sp³-hybridized carbons (Fsp3) is 0.833. The Morgan fingerprint density at radius 1 is 1.14 bits per heavy atom. The van der Waals surface area contributed by atoms with Crippen molar-refractivity contribution in [3.8, 4) is 0 Å². The van der Waals surface area contributed by atoms with Gasteiger partial charge in [0.25, 0.3) is 0 Å². The highest BCUT2D eigenvalue weighted by Gasteiger charge is 1.89. The van der Waals surface area contributed by atoms with Crippen LogP contribution < -0.4 is 5.32 Å². The average Bonchev–Trinajstić information content (AvgIpc) is 2.21. The fourth-order valence-corrected chi connectivity index (χ4v) is 1.14. The minimum Gasteiger partial charge on any atom is -0.381 e. The molecule has 0 saturated heterocycles. The van der Waals surface area contributed by atoms with Gasteiger partial charge < -0.3 is 10.1 Å². The first-order valence-corrected chi connectivity index (χ1v) is 5.81. The second kappa shape index (κ2) is 12.7. The van der Waals surface area contributed by atoms with Gasteiger partial charge in [0, 0.05) is 13.2 Å². The Kier molecular flexibility index (Phi) is 12.4. The Balaban J connectivity index is 2.81. The van der Waals surface area contributed by atoms with Crippen molar-refractivity contribution in [1.29, 1.82) is 0 Å². The van der Waals surface area contributed by atoms with E-state index >= 15 is 0 Å². The first kappa shape index (κ1) is 13.7. The van der Waals surface area contributed by atoms with Gasteiger partial charge >= 0.3 is 0 Å². The predicted octanol–water partition coefficient (Wildman–Crippen LogP) is 2.75. The molecule has 0 aliphatic carbocycles. The van der Waals surface area contributed by atoms with Crippen LogP contribution in [0.2, 0.25) is 0 Å². The molecule has 0 aromatic carbocycles. The van der Waals surface area contributed by atoms with E-state index in [4.69, 9.17) is 4.74 Å². The Morgan fingerprint density at radius 2 is 1.86 bits per heavy atom. The summed E-state index contributed by atoms with van der Waals surface area (Å²) < 4.78 is 5.45. The second-order valence-electron chi connectivity index (χ2n) is 3.50. The summed E-state index contributed by atoms with van der Waals surface area (Å²) in [6.07, 6.45) is 7.81. The normalized spacial score (nSPS) is 10.4. The van der Waals surface area contributed by atoms with Crippen LogP contribution in [-0.2, 0) is 4.74 Å². The summed E-state index contributed by atoms with van der Waals surface area (Å²) in [5, 5.41) is 3.38. The first-order valence-electron chi connectivity index (χ1n) is 5.81. The summed E-state index contributed by atoms with van der Waals surface area (Å²) >= 11 is 0. The summed E-state index contributed by atoms with van der Waals surface area (Å²) in [5.41, 5.74) is 0. The van der Waals surface area contributed by atoms with Gasteiger partial charge in [0.15, 0.2) is 0 Å². The van der Waals surface area contributed by atoms with Crippen LogP contribution in [0.5, 0.6) is 0 Å². The number of ether oxygens (including phenoxy) is 1. The van der Waals surface area contributed by atoms with E-state index in [2.05, 4.69) is 18.8 Å². The molecule has 0 unspecified atom stereocenters. The summed E-state index contributed by atoms with van der Waals surface area (Å²) in [4.78, 5) is 0. The van der Waals surface area contributed by atoms with Gasteiger partial charge in [-0.3, -0.25) is 0 Å². The Hall–Kier alpha value is -0.340. The molecule has 0 spiro atoms. The van der Waals surface area contributed by atoms with Crippen molar-refractivity contribution < 1.29 is 4.74 Å². The molecule has 2 heteroatoms. The van der Waals surface area contributed by atoms with E-state index in [1.165, 1.54) is 19.3 Å². The van der Waals surface area contributed by atoms with Crippen molar-refractivity contribution in [2.24, 2.45) is 0 Å². The number of unbranched alkanes of at least 4 members (excludes halogenated alkanes) is 2. The van der Waals surface area contributed by atoms with Gasteiger partial charge in [0.05, 0.1) is 0 Å². The van der Waals surface area contributed by atoms with Crippen molar-refractivity contribution in [3.63, 3.8) is 0 Å². The molecule has 1 N–H and O–H groups in total. The van der Waals surface area contributed by atoms with E-state index < -0.39 is 0 Å². The number of hydrogen-bond donors (Lipinski definition) is 1. The molecule has 0 rings (SSSR count). The zero-order valence-corrected chi connectivity index (χ0v) is 9.56. The van der Waals surface area contributed by atoms with Crippen molar-refractivity contribution in [2.45, 2.75) is 39.0 Å². The molecule has 0 bridgehead atoms. The molecule has 0 aliphatic rings. The number of hydrogen-bond acceptors (Lipinski definition) is 2. The van der Waals surface area contributed by atoms with E-state index in [1.807, 2.05) is 6.08 Å². The lowest BCUT2D eigenvalue weighted by Gasteiger charge is -2.04. The van der Waals surface area contributed by atoms with Gasteiger partial charge in [-0.15, -0.1) is 6.58 Å². The van der Waals surface area contributed by atoms with Crippen LogP contribution in [0.15, 0.2) is 12.7 Å². The second-order valence-corrected chi connectivity index (χ2v) is 3.50. The third-order valence-corrected chi connectivity index (χ3v) is 2.05. The molecule has 0 saturated carbocycles. The molecular weight excluding hydrogens is 174 g/mol. The molecular formula is C12H25NO. The van der Waals surface area contributed by atoms with Crippen molar-refractivity contribution in [1.82, 2.24) is 5.32 Å². The van der Waals surface area contributed by atoms with Crippen molar-refractivity contribution >= 4 is 0 Å². The zero-order valence-electron chi connectivity index (χ0n) is 9.56. The third kappa shape index (κ3) is 11.7. The topological polar surface area (TPSA) is 21.3 Å². The van der Waals surface area contributed by atoms with E-state index in [9.17, 15) is 0 Å². The average molecular weight is 199 g/mol. The smallest absolute Gasteiger partial charge is 0.0478 e. The lowest BCUT2D eigenvalue weighted by Crippen LogP contribution is -2.18. The molecule has 0 aliphatic heterocycles. The molecule has 0 aromatic rings. The van der Waals surface area contributed by atoms with E-state index in [1.54, 1.807) is 0 Å². The van der Waals surface area contributed by atoms with Gasteiger partial charge in [-0.05, 0) is 38.8 Å². The minimum atomic E-state index is 0.897. The molecule has 84 valence electrons. The van der Waals surface area contributed by atoms with Crippen molar-refractivity contribution in [2.75, 3.05) is 26.3 Å². The lowest BCUT2D eigenvalue weighted by atomic mass is 10.3. The standard InChI is InChI=1S/C12H25NO/c1-3-5-7-9-13-10-8-12-14-11-6-4-2/h3,13H,1,4-12H2,2H3. The van der Waals surface area contributed by atoms with Gasteiger partial charge in [-0.1, -0.05) is 19.4 Å². The fourth-order valence-electron chi connectivity index (χ4n) is 1.14. The number of nitrogens with one attached hydrogen (secondary N) is 1. The molecule has 14 heavy (non-hydrogen) atoms. The van der Waals surface area contributed by atoms with Crippen LogP contribution in [-0.4, -0.2) is 26.3 Å². The van der Waals surface area contributed by atoms with E-state index in [-0.39, 0.29) is 0 Å². The molecule has 0 heterocycles. The summed E-state index contributed by atoms with van der Waals surface area (Å²) in [7, 11) is 0. The van der Waals surface area contributed by atoms with Gasteiger partial charge in [-0.2, -0.15) is 0 Å². The highest BCUT2D eigenvalue weighted by atomic mass is 16.5. The maximum atomic E-state index is 5.45. The first-order chi connectivity index (χ1) is 6.91. The van der Waals surface area contributed by atoms with Crippen LogP contribution >= 0.6 is 0 Å². The molecule has 0 amide bonds. The SMILES string of the molecule is C=CCCCNCCCOCCCC. The van der Waals surface area contributed by atoms with Crippen LogP contribution in [0.3, 0.4) is 0 Å². The van der Waals surface area contributed by atoms with Crippen LogP contribution in [0.4, 0.5) is 0 Å². The number of allylic oxidation sites excluding steroid dienone is 1. The maximum absolute atomic E-state index is 5.45. The van der Waals surface area contributed by atoms with Gasteiger partial charge in [0.2, 0.25) is 0 Å². The Morgan fingerprint density at radius 3 is 2.57 bits per heavy atom. The van der Waals surface area contributed by atoms with Gasteiger partial charge in [0.1, 0.15) is 0 Å². The highest BCUT2D eigenvalue weighted by Crippen LogP contribution is 1.90. The highest BCUT2D eigenvalue weighted by molar-refractivity contribution is 4.66. The summed E-state index contributed by atoms with van der Waals surface area (Å²) in [6, 6.07) is 0. The molecule has 2 nitrogen and oxygen atoms in total. The largest absolute Gasteiger partial charge is 0.381 e. The summed E-state index contributed by atoms with van der Waals surface area (Å²) in [6.45, 7) is 9.87. The van der Waals surface area contributed by atoms with Gasteiger partial charge in [-0.25, -0.2) is 0 Å². The minimum absolute atomic E-state index is 0.897. The monoisotopic (exact) mass is 199 g/mol. The van der Waals surface area contributed by atoms with Crippen molar-refractivity contribution in [3.05, 3.63) is 12.7 Å². The van der Waals surface area contributed by atoms with Crippen LogP contribution in [0.25, 0.3) is 0 Å². The molecule has 0 fully saturated rings.